The molecule has 0 aromatic carbocycles. The highest BCUT2D eigenvalue weighted by Gasteiger charge is 2.25. The summed E-state index contributed by atoms with van der Waals surface area (Å²) in [5, 5.41) is 4.38. The van der Waals surface area contributed by atoms with Crippen LogP contribution in [0.25, 0.3) is 0 Å². The van der Waals surface area contributed by atoms with E-state index >= 15 is 0 Å². The number of carbonyl (C=O) groups is 1. The lowest BCUT2D eigenvalue weighted by Gasteiger charge is -2.25. The van der Waals surface area contributed by atoms with Gasteiger partial charge < -0.3 is 5.32 Å². The highest BCUT2D eigenvalue weighted by Crippen LogP contribution is 2.32. The molecule has 0 bridgehead atoms. The maximum absolute atomic E-state index is 12.0. The lowest BCUT2D eigenvalue weighted by Crippen LogP contribution is -2.48. The number of carbonyl (C=O) groups excluding carboxylic acids is 1. The van der Waals surface area contributed by atoms with Crippen molar-refractivity contribution in [3.8, 4) is 0 Å². The molecule has 0 saturated heterocycles. The Hall–Kier alpha value is 1.09. The van der Waals surface area contributed by atoms with Crippen LogP contribution in [0.15, 0.2) is 14.3 Å². The van der Waals surface area contributed by atoms with Gasteiger partial charge in [-0.05, 0) is 44.8 Å². The number of hydrogen-bond acceptors (Lipinski definition) is 2. The minimum Gasteiger partial charge on any atom is -0.344 e. The van der Waals surface area contributed by atoms with Crippen molar-refractivity contribution in [3.05, 3.63) is 19.2 Å². The fourth-order valence-electron chi connectivity index (χ4n) is 0.897. The van der Waals surface area contributed by atoms with Crippen LogP contribution in [0, 0.1) is 0 Å². The molecule has 0 saturated carbocycles. The lowest BCUT2D eigenvalue weighted by atomic mass is 10.1. The topological polar surface area (TPSA) is 29.1 Å². The van der Waals surface area contributed by atoms with E-state index in [1.807, 2.05) is 13.0 Å². The zero-order chi connectivity index (χ0) is 12.3. The largest absolute Gasteiger partial charge is 0.344 e. The van der Waals surface area contributed by atoms with Crippen molar-refractivity contribution in [3.63, 3.8) is 0 Å². The van der Waals surface area contributed by atoms with Gasteiger partial charge in [-0.2, -0.15) is 0 Å². The molecule has 1 aromatic heterocycles. The summed E-state index contributed by atoms with van der Waals surface area (Å²) in [7, 11) is 0. The fraction of sp³-hybridized carbons (Fsp3) is 0.444. The third kappa shape index (κ3) is 3.80. The van der Waals surface area contributed by atoms with Gasteiger partial charge in [-0.3, -0.25) is 4.79 Å². The number of alkyl halides is 2. The molecule has 1 rings (SSSR count). The van der Waals surface area contributed by atoms with Crippen LogP contribution >= 0.6 is 75.1 Å². The molecule has 0 spiro atoms. The third-order valence-electron chi connectivity index (χ3n) is 1.87. The first kappa shape index (κ1) is 15.1. The highest BCUT2D eigenvalue weighted by molar-refractivity contribution is 9.13. The van der Waals surface area contributed by atoms with Crippen LogP contribution < -0.4 is 5.32 Å². The molecular weight excluding hydrogens is 490 g/mol. The van der Waals surface area contributed by atoms with Crippen molar-refractivity contribution in [2.45, 2.75) is 12.5 Å². The van der Waals surface area contributed by atoms with Gasteiger partial charge in [0.05, 0.1) is 14.2 Å². The molecule has 0 unspecified atom stereocenters. The number of halogens is 4. The van der Waals surface area contributed by atoms with Crippen LogP contribution in [-0.2, 0) is 0 Å². The van der Waals surface area contributed by atoms with Crippen LogP contribution in [0.2, 0.25) is 0 Å². The predicted molar refractivity (Wildman–Crippen MR) is 83.2 cm³/mol. The summed E-state index contributed by atoms with van der Waals surface area (Å²) in [5.74, 6) is -0.0576. The zero-order valence-electron chi connectivity index (χ0n) is 8.32. The summed E-state index contributed by atoms with van der Waals surface area (Å²) >= 11 is 14.9. The molecule has 7 heteroatoms. The van der Waals surface area contributed by atoms with E-state index in [0.717, 1.165) is 8.26 Å². The lowest BCUT2D eigenvalue weighted by molar-refractivity contribution is 0.0927. The first-order valence-electron chi connectivity index (χ1n) is 4.31. The quantitative estimate of drug-likeness (QED) is 0.606. The number of thiophene rings is 1. The molecule has 0 fully saturated rings. The van der Waals surface area contributed by atoms with Crippen LogP contribution in [-0.4, -0.2) is 22.1 Å². The van der Waals surface area contributed by atoms with Crippen LogP contribution in [0.4, 0.5) is 0 Å². The van der Waals surface area contributed by atoms with E-state index in [1.54, 1.807) is 0 Å². The molecule has 1 heterocycles. The number of hydrogen-bond donors (Lipinski definition) is 1. The summed E-state index contributed by atoms with van der Waals surface area (Å²) in [6.45, 7) is 1.98. The van der Waals surface area contributed by atoms with Crippen molar-refractivity contribution < 1.29 is 4.79 Å². The number of rotatable bonds is 4. The molecule has 0 radical (unpaired) electrons. The molecule has 90 valence electrons. The van der Waals surface area contributed by atoms with Gasteiger partial charge in [0.15, 0.2) is 0 Å². The summed E-state index contributed by atoms with van der Waals surface area (Å²) < 4.78 is 1.83. The maximum Gasteiger partial charge on any atom is 0.261 e. The molecular formula is C9H9Br4NOS. The monoisotopic (exact) mass is 495 g/mol. The molecule has 16 heavy (non-hydrogen) atoms. The van der Waals surface area contributed by atoms with Crippen molar-refractivity contribution >= 4 is 81.0 Å². The molecule has 2 nitrogen and oxygen atoms in total. The molecule has 0 aliphatic carbocycles. The second-order valence-electron chi connectivity index (χ2n) is 3.51. The predicted octanol–water partition coefficient (Wildman–Crippen LogP) is 4.55. The Kier molecular flexibility index (Phi) is 5.98. The standard InChI is InChI=1S/C9H9Br4NOS/c1-9(3-10,4-11)14-8(15)6-2-5(12)7(13)16-6/h2H,3-4H2,1H3,(H,14,15). The van der Waals surface area contributed by atoms with Gasteiger partial charge in [-0.15, -0.1) is 11.3 Å². The van der Waals surface area contributed by atoms with Crippen LogP contribution in [0.3, 0.4) is 0 Å². The molecule has 0 aliphatic heterocycles. The van der Waals surface area contributed by atoms with Crippen LogP contribution in [0.5, 0.6) is 0 Å². The van der Waals surface area contributed by atoms with E-state index in [0.29, 0.717) is 15.5 Å². The van der Waals surface area contributed by atoms with Gasteiger partial charge >= 0.3 is 0 Å². The van der Waals surface area contributed by atoms with Gasteiger partial charge in [0, 0.05) is 15.1 Å². The average molecular weight is 499 g/mol. The van der Waals surface area contributed by atoms with E-state index in [2.05, 4.69) is 69.0 Å². The smallest absolute Gasteiger partial charge is 0.261 e. The number of amides is 1. The van der Waals surface area contributed by atoms with E-state index < -0.39 is 0 Å². The zero-order valence-corrected chi connectivity index (χ0v) is 15.5. The Bertz CT molecular complexity index is 369. The Labute approximate surface area is 132 Å². The van der Waals surface area contributed by atoms with Gasteiger partial charge in [-0.25, -0.2) is 0 Å². The van der Waals surface area contributed by atoms with E-state index in [-0.39, 0.29) is 11.4 Å². The molecule has 1 amide bonds. The Morgan fingerprint density at radius 1 is 1.44 bits per heavy atom. The van der Waals surface area contributed by atoms with Gasteiger partial charge in [0.2, 0.25) is 0 Å². The fourth-order valence-corrected chi connectivity index (χ4v) is 4.04. The van der Waals surface area contributed by atoms with Crippen molar-refractivity contribution in [1.82, 2.24) is 5.32 Å². The average Bonchev–Trinajstić information content (AvgIpc) is 2.59. The maximum atomic E-state index is 12.0. The summed E-state index contributed by atoms with van der Waals surface area (Å²) in [6, 6.07) is 1.81. The van der Waals surface area contributed by atoms with Gasteiger partial charge in [-0.1, -0.05) is 31.9 Å². The third-order valence-corrected chi connectivity index (χ3v) is 7.60. The summed E-state index contributed by atoms with van der Waals surface area (Å²) in [4.78, 5) is 12.6. The molecule has 1 N–H and O–H groups in total. The molecule has 0 atom stereocenters. The van der Waals surface area contributed by atoms with E-state index in [4.69, 9.17) is 0 Å². The second-order valence-corrected chi connectivity index (χ2v) is 7.86. The first-order chi connectivity index (χ1) is 7.41. The van der Waals surface area contributed by atoms with Crippen molar-refractivity contribution in [2.75, 3.05) is 10.7 Å². The minimum absolute atomic E-state index is 0.0576. The van der Waals surface area contributed by atoms with Crippen molar-refractivity contribution in [1.29, 1.82) is 0 Å². The van der Waals surface area contributed by atoms with Crippen LogP contribution in [0.1, 0.15) is 16.6 Å². The SMILES string of the molecule is CC(CBr)(CBr)NC(=O)c1cc(Br)c(Br)s1. The Morgan fingerprint density at radius 3 is 2.38 bits per heavy atom. The number of nitrogens with one attached hydrogen (secondary N) is 1. The minimum atomic E-state index is -0.278. The van der Waals surface area contributed by atoms with Gasteiger partial charge in [0.25, 0.3) is 5.91 Å². The second kappa shape index (κ2) is 6.31. The highest BCUT2D eigenvalue weighted by atomic mass is 79.9. The van der Waals surface area contributed by atoms with Gasteiger partial charge in [0.1, 0.15) is 0 Å². The molecule has 0 aliphatic rings. The van der Waals surface area contributed by atoms with E-state index in [9.17, 15) is 4.79 Å². The molecule has 1 aromatic rings. The Morgan fingerprint density at radius 2 is 2.00 bits per heavy atom. The normalized spacial score (nSPS) is 11.6. The summed E-state index contributed by atoms with van der Waals surface area (Å²) in [5.41, 5.74) is -0.278. The Balaban J connectivity index is 2.80. The van der Waals surface area contributed by atoms with Crippen molar-refractivity contribution in [2.24, 2.45) is 0 Å². The summed E-state index contributed by atoms with van der Waals surface area (Å²) in [6.07, 6.45) is 0. The van der Waals surface area contributed by atoms with E-state index in [1.165, 1.54) is 11.3 Å². The first-order valence-corrected chi connectivity index (χ1v) is 8.95.